The number of aromatic nitrogens is 2. The van der Waals surface area contributed by atoms with Gasteiger partial charge in [-0.1, -0.05) is 17.7 Å². The summed E-state index contributed by atoms with van der Waals surface area (Å²) in [6.45, 7) is 0.0826. The van der Waals surface area contributed by atoms with Crippen molar-refractivity contribution < 1.29 is 33.8 Å². The highest BCUT2D eigenvalue weighted by Gasteiger charge is 2.40. The summed E-state index contributed by atoms with van der Waals surface area (Å²) in [4.78, 5) is 73.9. The molecule has 2 amide bonds. The zero-order valence-corrected chi connectivity index (χ0v) is 22.8. The SMILES string of the molecule is CN[C@@H](CC(=O)O)C(=O)COc1nc2ccccn2c(=O)c1Cl.CN[C@H]1CCC(=O)N2CCC[C@@H](C=O)N2C1=O. The van der Waals surface area contributed by atoms with Gasteiger partial charge in [0.25, 0.3) is 11.5 Å². The number of fused-ring (bicyclic) bond motifs is 2. The van der Waals surface area contributed by atoms with Crippen LogP contribution in [0.15, 0.2) is 29.2 Å². The van der Waals surface area contributed by atoms with Crippen LogP contribution >= 0.6 is 11.6 Å². The number of likely N-dealkylation sites (N-methyl/N-ethyl adjacent to an activating group) is 2. The van der Waals surface area contributed by atoms with Gasteiger partial charge >= 0.3 is 5.97 Å². The molecule has 2 aliphatic heterocycles. The molecule has 0 unspecified atom stereocenters. The van der Waals surface area contributed by atoms with E-state index in [4.69, 9.17) is 21.4 Å². The number of ether oxygens (including phenoxy) is 1. The maximum atomic E-state index is 12.2. The molecule has 0 aromatic carbocycles. The predicted octanol–water partition coefficient (Wildman–Crippen LogP) is -0.340. The summed E-state index contributed by atoms with van der Waals surface area (Å²) >= 11 is 5.91. The van der Waals surface area contributed by atoms with E-state index >= 15 is 0 Å². The molecule has 14 nitrogen and oxygen atoms in total. The average molecular weight is 579 g/mol. The number of aliphatic carboxylic acids is 1. The molecular formula is C25H31ClN6O8. The van der Waals surface area contributed by atoms with Gasteiger partial charge in [-0.05, 0) is 45.5 Å². The molecule has 0 spiro atoms. The quantitative estimate of drug-likeness (QED) is 0.331. The fourth-order valence-electron chi connectivity index (χ4n) is 4.39. The lowest BCUT2D eigenvalue weighted by molar-refractivity contribution is -0.173. The third-order valence-electron chi connectivity index (χ3n) is 6.52. The van der Waals surface area contributed by atoms with Crippen molar-refractivity contribution in [1.29, 1.82) is 0 Å². The van der Waals surface area contributed by atoms with Gasteiger partial charge in [0.1, 0.15) is 24.6 Å². The molecule has 3 N–H and O–H groups in total. The Morgan fingerprint density at radius 2 is 2.00 bits per heavy atom. The van der Waals surface area contributed by atoms with E-state index in [1.54, 1.807) is 25.2 Å². The van der Waals surface area contributed by atoms with Crippen LogP contribution in [-0.2, 0) is 24.0 Å². The summed E-state index contributed by atoms with van der Waals surface area (Å²) in [5.41, 5.74) is -0.199. The smallest absolute Gasteiger partial charge is 0.305 e. The van der Waals surface area contributed by atoms with Crippen LogP contribution in [0.4, 0.5) is 0 Å². The number of nitrogens with one attached hydrogen (secondary N) is 2. The Morgan fingerprint density at radius 1 is 1.25 bits per heavy atom. The zero-order valence-electron chi connectivity index (χ0n) is 22.0. The highest BCUT2D eigenvalue weighted by atomic mass is 35.5. The molecule has 15 heteroatoms. The molecular weight excluding hydrogens is 548 g/mol. The molecule has 0 saturated carbocycles. The first-order chi connectivity index (χ1) is 19.1. The zero-order chi connectivity index (χ0) is 29.4. The molecule has 0 bridgehead atoms. The van der Waals surface area contributed by atoms with E-state index in [2.05, 4.69) is 15.6 Å². The van der Waals surface area contributed by atoms with Crippen LogP contribution in [0.25, 0.3) is 5.65 Å². The molecule has 0 aliphatic carbocycles. The number of hydrogen-bond donors (Lipinski definition) is 3. The first kappa shape index (κ1) is 30.7. The number of Topliss-reactive ketones (excluding diaryl/α,β-unsaturated/α-hetero) is 1. The third kappa shape index (κ3) is 7.00. The van der Waals surface area contributed by atoms with E-state index in [1.165, 1.54) is 27.7 Å². The Bertz CT molecular complexity index is 1330. The Kier molecular flexibility index (Phi) is 10.7. The van der Waals surface area contributed by atoms with E-state index in [-0.39, 0.29) is 35.2 Å². The van der Waals surface area contributed by atoms with E-state index in [0.29, 0.717) is 31.5 Å². The fourth-order valence-corrected chi connectivity index (χ4v) is 4.58. The maximum Gasteiger partial charge on any atom is 0.305 e. The second kappa shape index (κ2) is 14.0. The molecule has 2 aromatic heterocycles. The van der Waals surface area contributed by atoms with Crippen LogP contribution in [0.3, 0.4) is 0 Å². The van der Waals surface area contributed by atoms with Crippen molar-refractivity contribution in [3.05, 3.63) is 39.8 Å². The largest absolute Gasteiger partial charge is 0.481 e. The molecule has 2 aliphatic rings. The number of pyridine rings is 1. The Balaban J connectivity index is 0.000000230. The van der Waals surface area contributed by atoms with Gasteiger partial charge in [-0.3, -0.25) is 33.4 Å². The highest BCUT2D eigenvalue weighted by molar-refractivity contribution is 6.31. The molecule has 2 fully saturated rings. The standard InChI is InChI=1S/C14H14ClN3O5.C11H17N3O3/c1-16-8(6-11(20)21)9(19)7-23-13-12(15)14(22)18-5-3-2-4-10(18)17-13;1-12-9-4-5-10(16)13-6-2-3-8(7-15)14(13)11(9)17/h2-5,8,16H,6-7H2,1H3,(H,20,21);7-9,12H,2-6H2,1H3/t8-;8-,9-/m00/s1. The first-order valence-corrected chi connectivity index (χ1v) is 13.0. The number of carboxylic acid groups (broad SMARTS) is 1. The summed E-state index contributed by atoms with van der Waals surface area (Å²) < 4.78 is 6.46. The van der Waals surface area contributed by atoms with E-state index < -0.39 is 36.0 Å². The highest BCUT2D eigenvalue weighted by Crippen LogP contribution is 2.23. The van der Waals surface area contributed by atoms with Gasteiger partial charge < -0.3 is 25.3 Å². The summed E-state index contributed by atoms with van der Waals surface area (Å²) in [5, 5.41) is 16.8. The molecule has 4 heterocycles. The van der Waals surface area contributed by atoms with Gasteiger partial charge in [0, 0.05) is 19.2 Å². The maximum absolute atomic E-state index is 12.2. The fraction of sp³-hybridized carbons (Fsp3) is 0.480. The number of aldehydes is 1. The van der Waals surface area contributed by atoms with Crippen molar-refractivity contribution in [1.82, 2.24) is 30.0 Å². The molecule has 3 atom stereocenters. The van der Waals surface area contributed by atoms with Crippen LogP contribution in [0.1, 0.15) is 32.1 Å². The third-order valence-corrected chi connectivity index (χ3v) is 6.85. The van der Waals surface area contributed by atoms with Crippen molar-refractivity contribution in [2.24, 2.45) is 0 Å². The van der Waals surface area contributed by atoms with Gasteiger partial charge in [0.05, 0.1) is 18.5 Å². The minimum atomic E-state index is -1.11. The molecule has 216 valence electrons. The number of nitrogens with zero attached hydrogens (tertiary/aromatic N) is 4. The number of carboxylic acids is 1. The van der Waals surface area contributed by atoms with E-state index in [9.17, 15) is 28.8 Å². The Hall–Kier alpha value is -3.88. The lowest BCUT2D eigenvalue weighted by Crippen LogP contribution is -2.60. The predicted molar refractivity (Wildman–Crippen MR) is 142 cm³/mol. The number of halogens is 1. The minimum Gasteiger partial charge on any atom is -0.481 e. The van der Waals surface area contributed by atoms with Crippen molar-refractivity contribution in [3.8, 4) is 5.88 Å². The van der Waals surface area contributed by atoms with Crippen LogP contribution in [0, 0.1) is 0 Å². The lowest BCUT2D eigenvalue weighted by atomic mass is 10.1. The summed E-state index contributed by atoms with van der Waals surface area (Å²) in [5.74, 6) is -2.00. The molecule has 2 aromatic rings. The van der Waals surface area contributed by atoms with Gasteiger partial charge in [-0.15, -0.1) is 0 Å². The minimum absolute atomic E-state index is 0.0670. The number of carbonyl (C=O) groups excluding carboxylic acids is 4. The summed E-state index contributed by atoms with van der Waals surface area (Å²) in [6.07, 6.45) is 4.13. The van der Waals surface area contributed by atoms with E-state index in [1.807, 2.05) is 0 Å². The van der Waals surface area contributed by atoms with Crippen LogP contribution in [0.5, 0.6) is 5.88 Å². The molecule has 4 rings (SSSR count). The monoisotopic (exact) mass is 578 g/mol. The number of hydrazine groups is 1. The van der Waals surface area contributed by atoms with Crippen LogP contribution in [0.2, 0.25) is 5.02 Å². The molecule has 40 heavy (non-hydrogen) atoms. The van der Waals surface area contributed by atoms with E-state index in [0.717, 1.165) is 12.7 Å². The Labute approximate surface area is 234 Å². The second-order valence-electron chi connectivity index (χ2n) is 9.08. The van der Waals surface area contributed by atoms with Crippen molar-refractivity contribution >= 4 is 47.1 Å². The van der Waals surface area contributed by atoms with Crippen molar-refractivity contribution in [3.63, 3.8) is 0 Å². The summed E-state index contributed by atoms with van der Waals surface area (Å²) in [6, 6.07) is 3.17. The first-order valence-electron chi connectivity index (χ1n) is 12.6. The number of amides is 2. The number of rotatable bonds is 9. The van der Waals surface area contributed by atoms with Crippen molar-refractivity contribution in [2.75, 3.05) is 27.2 Å². The Morgan fingerprint density at radius 3 is 2.65 bits per heavy atom. The van der Waals surface area contributed by atoms with Gasteiger partial charge in [0.2, 0.25) is 11.8 Å². The van der Waals surface area contributed by atoms with Gasteiger partial charge in [-0.25, -0.2) is 5.01 Å². The number of carbonyl (C=O) groups is 5. The lowest BCUT2D eigenvalue weighted by Gasteiger charge is -2.41. The van der Waals surface area contributed by atoms with Gasteiger partial charge in [-0.2, -0.15) is 4.98 Å². The summed E-state index contributed by atoms with van der Waals surface area (Å²) in [7, 11) is 3.17. The number of ketones is 1. The van der Waals surface area contributed by atoms with Crippen LogP contribution in [-0.4, -0.2) is 99.7 Å². The van der Waals surface area contributed by atoms with Gasteiger partial charge in [0.15, 0.2) is 10.8 Å². The average Bonchev–Trinajstić information content (AvgIpc) is 3.08. The normalized spacial score (nSPS) is 19.7. The topological polar surface area (TPSA) is 180 Å². The second-order valence-corrected chi connectivity index (χ2v) is 9.46. The molecule has 2 saturated heterocycles. The van der Waals surface area contributed by atoms with Crippen LogP contribution < -0.4 is 20.9 Å². The van der Waals surface area contributed by atoms with Crippen molar-refractivity contribution in [2.45, 2.75) is 50.2 Å². The number of hydrogen-bond acceptors (Lipinski definition) is 10. The molecule has 0 radical (unpaired) electrons.